The lowest BCUT2D eigenvalue weighted by Crippen LogP contribution is -2.25. The Morgan fingerprint density at radius 3 is 2.62 bits per heavy atom. The summed E-state index contributed by atoms with van der Waals surface area (Å²) in [6.07, 6.45) is 0.453. The standard InChI is InChI=1S/C11H12ClNO3/c12-9-5-2-1-4-8(9)11(16)13-7-3-6-10(14)15/h1-2,4-5H,3,6-7H2,(H,13,16)(H,14,15). The van der Waals surface area contributed by atoms with Crippen molar-refractivity contribution >= 4 is 23.5 Å². The van der Waals surface area contributed by atoms with Crippen LogP contribution in [0.2, 0.25) is 5.02 Å². The molecule has 0 bridgehead atoms. The molecule has 0 fully saturated rings. The first-order chi connectivity index (χ1) is 7.61. The van der Waals surface area contributed by atoms with E-state index in [0.29, 0.717) is 23.6 Å². The normalized spacial score (nSPS) is 9.81. The molecular formula is C11H12ClNO3. The van der Waals surface area contributed by atoms with Crippen LogP contribution in [0.1, 0.15) is 23.2 Å². The lowest BCUT2D eigenvalue weighted by molar-refractivity contribution is -0.137. The fraction of sp³-hybridized carbons (Fsp3) is 0.273. The van der Waals surface area contributed by atoms with E-state index in [9.17, 15) is 9.59 Å². The summed E-state index contributed by atoms with van der Waals surface area (Å²) >= 11 is 5.83. The molecule has 2 N–H and O–H groups in total. The minimum atomic E-state index is -0.869. The highest BCUT2D eigenvalue weighted by Crippen LogP contribution is 2.14. The fourth-order valence-corrected chi connectivity index (χ4v) is 1.40. The van der Waals surface area contributed by atoms with Crippen LogP contribution in [0, 0.1) is 0 Å². The van der Waals surface area contributed by atoms with Gasteiger partial charge in [0.05, 0.1) is 10.6 Å². The van der Waals surface area contributed by atoms with E-state index in [1.165, 1.54) is 0 Å². The van der Waals surface area contributed by atoms with Gasteiger partial charge < -0.3 is 10.4 Å². The maximum atomic E-state index is 11.6. The third-order valence-corrected chi connectivity index (χ3v) is 2.30. The number of benzene rings is 1. The average molecular weight is 242 g/mol. The second-order valence-electron chi connectivity index (χ2n) is 3.23. The molecule has 1 rings (SSSR count). The summed E-state index contributed by atoms with van der Waals surface area (Å²) < 4.78 is 0. The quantitative estimate of drug-likeness (QED) is 0.775. The Kier molecular flexibility index (Phi) is 4.79. The van der Waals surface area contributed by atoms with Crippen LogP contribution >= 0.6 is 11.6 Å². The maximum absolute atomic E-state index is 11.6. The summed E-state index contributed by atoms with van der Waals surface area (Å²) in [7, 11) is 0. The summed E-state index contributed by atoms with van der Waals surface area (Å²) in [4.78, 5) is 21.8. The van der Waals surface area contributed by atoms with Gasteiger partial charge in [0.25, 0.3) is 5.91 Å². The molecule has 1 aromatic carbocycles. The van der Waals surface area contributed by atoms with Crippen molar-refractivity contribution in [2.75, 3.05) is 6.54 Å². The molecule has 0 aliphatic heterocycles. The third-order valence-electron chi connectivity index (χ3n) is 1.97. The molecule has 0 atom stereocenters. The van der Waals surface area contributed by atoms with Gasteiger partial charge >= 0.3 is 5.97 Å². The summed E-state index contributed by atoms with van der Waals surface area (Å²) in [6, 6.07) is 6.71. The number of amides is 1. The highest BCUT2D eigenvalue weighted by molar-refractivity contribution is 6.33. The lowest BCUT2D eigenvalue weighted by Gasteiger charge is -2.05. The number of nitrogens with one attached hydrogen (secondary N) is 1. The molecule has 0 saturated heterocycles. The lowest BCUT2D eigenvalue weighted by atomic mass is 10.2. The molecule has 0 radical (unpaired) electrons. The first kappa shape index (κ1) is 12.5. The van der Waals surface area contributed by atoms with E-state index in [1.807, 2.05) is 0 Å². The van der Waals surface area contributed by atoms with Gasteiger partial charge in [-0.2, -0.15) is 0 Å². The van der Waals surface area contributed by atoms with Crippen LogP contribution in [0.5, 0.6) is 0 Å². The Hall–Kier alpha value is -1.55. The number of carbonyl (C=O) groups is 2. The van der Waals surface area contributed by atoms with E-state index in [2.05, 4.69) is 5.32 Å². The van der Waals surface area contributed by atoms with Crippen molar-refractivity contribution in [3.05, 3.63) is 34.9 Å². The van der Waals surface area contributed by atoms with Crippen molar-refractivity contribution in [3.63, 3.8) is 0 Å². The molecular weight excluding hydrogens is 230 g/mol. The van der Waals surface area contributed by atoms with Gasteiger partial charge in [-0.05, 0) is 18.6 Å². The van der Waals surface area contributed by atoms with Crippen LogP contribution < -0.4 is 5.32 Å². The minimum Gasteiger partial charge on any atom is -0.481 e. The Morgan fingerprint density at radius 2 is 2.00 bits per heavy atom. The number of carboxylic acids is 1. The van der Waals surface area contributed by atoms with Crippen molar-refractivity contribution < 1.29 is 14.7 Å². The van der Waals surface area contributed by atoms with Gasteiger partial charge in [0.15, 0.2) is 0 Å². The first-order valence-electron chi connectivity index (χ1n) is 4.86. The Labute approximate surface area is 98.2 Å². The summed E-state index contributed by atoms with van der Waals surface area (Å²) in [6.45, 7) is 0.330. The molecule has 86 valence electrons. The molecule has 1 amide bonds. The summed E-state index contributed by atoms with van der Waals surface area (Å²) in [5, 5.41) is 11.4. The number of aliphatic carboxylic acids is 1. The maximum Gasteiger partial charge on any atom is 0.303 e. The zero-order valence-corrected chi connectivity index (χ0v) is 9.33. The Balaban J connectivity index is 2.41. The van der Waals surface area contributed by atoms with Crippen molar-refractivity contribution in [3.8, 4) is 0 Å². The van der Waals surface area contributed by atoms with Crippen molar-refractivity contribution in [1.82, 2.24) is 5.32 Å². The summed E-state index contributed by atoms with van der Waals surface area (Å²) in [5.41, 5.74) is 0.402. The van der Waals surface area contributed by atoms with Gasteiger partial charge in [-0.15, -0.1) is 0 Å². The number of hydrogen-bond donors (Lipinski definition) is 2. The van der Waals surface area contributed by atoms with Crippen molar-refractivity contribution in [1.29, 1.82) is 0 Å². The van der Waals surface area contributed by atoms with Crippen LogP contribution in [0.4, 0.5) is 0 Å². The van der Waals surface area contributed by atoms with Crippen LogP contribution in [-0.2, 0) is 4.79 Å². The molecule has 16 heavy (non-hydrogen) atoms. The highest BCUT2D eigenvalue weighted by Gasteiger charge is 2.08. The second-order valence-corrected chi connectivity index (χ2v) is 3.64. The van der Waals surface area contributed by atoms with E-state index >= 15 is 0 Å². The van der Waals surface area contributed by atoms with Crippen LogP contribution in [0.25, 0.3) is 0 Å². The predicted molar refractivity (Wildman–Crippen MR) is 60.7 cm³/mol. The SMILES string of the molecule is O=C(O)CCCNC(=O)c1ccccc1Cl. The highest BCUT2D eigenvalue weighted by atomic mass is 35.5. The molecule has 5 heteroatoms. The largest absolute Gasteiger partial charge is 0.481 e. The first-order valence-corrected chi connectivity index (χ1v) is 5.23. The van der Waals surface area contributed by atoms with E-state index < -0.39 is 5.97 Å². The monoisotopic (exact) mass is 241 g/mol. The molecule has 0 heterocycles. The van der Waals surface area contributed by atoms with E-state index in [-0.39, 0.29) is 12.3 Å². The molecule has 0 aliphatic carbocycles. The third kappa shape index (κ3) is 3.90. The van der Waals surface area contributed by atoms with Crippen LogP contribution in [0.15, 0.2) is 24.3 Å². The van der Waals surface area contributed by atoms with Crippen molar-refractivity contribution in [2.45, 2.75) is 12.8 Å². The second kappa shape index (κ2) is 6.12. The zero-order chi connectivity index (χ0) is 12.0. The molecule has 0 unspecified atom stereocenters. The predicted octanol–water partition coefficient (Wildman–Crippen LogP) is 1.93. The summed E-state index contributed by atoms with van der Waals surface area (Å²) in [5.74, 6) is -1.15. The molecule has 0 saturated carbocycles. The van der Waals surface area contributed by atoms with Gasteiger partial charge in [-0.25, -0.2) is 0 Å². The van der Waals surface area contributed by atoms with Gasteiger partial charge in [0, 0.05) is 13.0 Å². The molecule has 4 nitrogen and oxygen atoms in total. The van der Waals surface area contributed by atoms with Gasteiger partial charge in [-0.3, -0.25) is 9.59 Å². The Morgan fingerprint density at radius 1 is 1.31 bits per heavy atom. The van der Waals surface area contributed by atoms with Crippen LogP contribution in [0.3, 0.4) is 0 Å². The molecule has 0 aliphatic rings. The number of hydrogen-bond acceptors (Lipinski definition) is 2. The number of carbonyl (C=O) groups excluding carboxylic acids is 1. The topological polar surface area (TPSA) is 66.4 Å². The molecule has 1 aromatic rings. The number of halogens is 1. The minimum absolute atomic E-state index is 0.0444. The number of rotatable bonds is 5. The molecule has 0 aromatic heterocycles. The van der Waals surface area contributed by atoms with E-state index in [4.69, 9.17) is 16.7 Å². The fourth-order valence-electron chi connectivity index (χ4n) is 1.18. The Bertz CT molecular complexity index is 393. The smallest absolute Gasteiger partial charge is 0.303 e. The number of carboxylic acid groups (broad SMARTS) is 1. The average Bonchev–Trinajstić information content (AvgIpc) is 2.24. The molecule has 0 spiro atoms. The van der Waals surface area contributed by atoms with Gasteiger partial charge in [0.2, 0.25) is 0 Å². The van der Waals surface area contributed by atoms with Gasteiger partial charge in [0.1, 0.15) is 0 Å². The van der Waals surface area contributed by atoms with E-state index in [1.54, 1.807) is 24.3 Å². The van der Waals surface area contributed by atoms with Gasteiger partial charge in [-0.1, -0.05) is 23.7 Å². The zero-order valence-electron chi connectivity index (χ0n) is 8.57. The van der Waals surface area contributed by atoms with Crippen molar-refractivity contribution in [2.24, 2.45) is 0 Å². The van der Waals surface area contributed by atoms with E-state index in [0.717, 1.165) is 0 Å². The van der Waals surface area contributed by atoms with Crippen LogP contribution in [-0.4, -0.2) is 23.5 Å².